The van der Waals surface area contributed by atoms with Crippen LogP contribution in [0.3, 0.4) is 0 Å². The highest BCUT2D eigenvalue weighted by Crippen LogP contribution is 2.33. The second-order valence-corrected chi connectivity index (χ2v) is 7.69. The van der Waals surface area contributed by atoms with E-state index < -0.39 is 0 Å². The number of aromatic nitrogens is 1. The molecule has 0 atom stereocenters. The molecule has 0 saturated heterocycles. The first-order valence-electron chi connectivity index (χ1n) is 7.00. The van der Waals surface area contributed by atoms with Crippen molar-refractivity contribution in [2.75, 3.05) is 12.3 Å². The van der Waals surface area contributed by atoms with E-state index in [1.165, 1.54) is 5.01 Å². The highest BCUT2D eigenvalue weighted by atomic mass is 32.2. The van der Waals surface area contributed by atoms with Gasteiger partial charge in [0.2, 0.25) is 0 Å². The second-order valence-electron chi connectivity index (χ2n) is 5.82. The number of benzene rings is 1. The zero-order valence-electron chi connectivity index (χ0n) is 13.0. The smallest absolute Gasteiger partial charge is 0.120 e. The van der Waals surface area contributed by atoms with Crippen molar-refractivity contribution in [3.05, 3.63) is 34.3 Å². The lowest BCUT2D eigenvalue weighted by molar-refractivity contribution is 0.339. The van der Waals surface area contributed by atoms with Crippen LogP contribution in [0, 0.1) is 0 Å². The van der Waals surface area contributed by atoms with E-state index in [2.05, 4.69) is 26.2 Å². The summed E-state index contributed by atoms with van der Waals surface area (Å²) < 4.78 is 5.52. The highest BCUT2D eigenvalue weighted by molar-refractivity contribution is 7.98. The highest BCUT2D eigenvalue weighted by Gasteiger charge is 2.18. The van der Waals surface area contributed by atoms with E-state index in [0.29, 0.717) is 6.61 Å². The molecule has 3 nitrogen and oxygen atoms in total. The van der Waals surface area contributed by atoms with Crippen molar-refractivity contribution in [1.82, 2.24) is 4.98 Å². The Hall–Kier alpha value is -1.20. The van der Waals surface area contributed by atoms with Crippen LogP contribution in [0.2, 0.25) is 0 Å². The molecule has 0 aliphatic carbocycles. The molecule has 21 heavy (non-hydrogen) atoms. The summed E-state index contributed by atoms with van der Waals surface area (Å²) in [6, 6.07) is 5.80. The zero-order valence-corrected chi connectivity index (χ0v) is 14.6. The number of nitrogens with two attached hydrogens (primary N) is 1. The number of anilines is 1. The van der Waals surface area contributed by atoms with Crippen LogP contribution in [0.15, 0.2) is 28.5 Å². The molecule has 0 unspecified atom stereocenters. The van der Waals surface area contributed by atoms with Crippen molar-refractivity contribution in [2.24, 2.45) is 0 Å². The molecular weight excluding hydrogens is 300 g/mol. The summed E-state index contributed by atoms with van der Waals surface area (Å²) in [5.74, 6) is 1.69. The third-order valence-corrected chi connectivity index (χ3v) is 5.29. The van der Waals surface area contributed by atoms with Crippen LogP contribution in [0.4, 0.5) is 5.69 Å². The van der Waals surface area contributed by atoms with Crippen LogP contribution >= 0.6 is 23.1 Å². The molecule has 0 bridgehead atoms. The number of thiazole rings is 1. The van der Waals surface area contributed by atoms with Crippen LogP contribution in [0.1, 0.15) is 38.4 Å². The van der Waals surface area contributed by atoms with Crippen molar-refractivity contribution in [3.8, 4) is 5.75 Å². The maximum absolute atomic E-state index is 6.03. The van der Waals surface area contributed by atoms with Gasteiger partial charge in [-0.1, -0.05) is 20.8 Å². The quantitative estimate of drug-likeness (QED) is 0.639. The van der Waals surface area contributed by atoms with Crippen LogP contribution in [0.5, 0.6) is 5.75 Å². The third-order valence-electron chi connectivity index (χ3n) is 2.86. The van der Waals surface area contributed by atoms with Crippen molar-refractivity contribution in [1.29, 1.82) is 0 Å². The molecule has 0 spiro atoms. The average molecular weight is 322 g/mol. The fraction of sp³-hybridized carbons (Fsp3) is 0.438. The summed E-state index contributed by atoms with van der Waals surface area (Å²) in [6.45, 7) is 9.20. The summed E-state index contributed by atoms with van der Waals surface area (Å²) in [7, 11) is 0. The molecule has 0 aliphatic heterocycles. The van der Waals surface area contributed by atoms with E-state index in [1.54, 1.807) is 23.1 Å². The molecular formula is C16H22N2OS2. The molecule has 0 saturated carbocycles. The van der Waals surface area contributed by atoms with Crippen molar-refractivity contribution >= 4 is 28.8 Å². The van der Waals surface area contributed by atoms with Gasteiger partial charge in [0.25, 0.3) is 0 Å². The molecule has 114 valence electrons. The minimum atomic E-state index is 0.113. The molecule has 1 heterocycles. The van der Waals surface area contributed by atoms with Gasteiger partial charge < -0.3 is 10.5 Å². The summed E-state index contributed by atoms with van der Waals surface area (Å²) >= 11 is 3.43. The molecule has 1 aromatic heterocycles. The van der Waals surface area contributed by atoms with Gasteiger partial charge in [0.05, 0.1) is 17.3 Å². The topological polar surface area (TPSA) is 48.1 Å². The lowest BCUT2D eigenvalue weighted by Crippen LogP contribution is -2.10. The Kier molecular flexibility index (Phi) is 5.17. The number of thioether (sulfide) groups is 1. The minimum Gasteiger partial charge on any atom is -0.494 e. The van der Waals surface area contributed by atoms with Gasteiger partial charge in [-0.2, -0.15) is 0 Å². The molecule has 0 amide bonds. The van der Waals surface area contributed by atoms with E-state index in [9.17, 15) is 0 Å². The van der Waals surface area contributed by atoms with Gasteiger partial charge in [-0.25, -0.2) is 4.98 Å². The molecule has 2 aromatic rings. The molecule has 2 N–H and O–H groups in total. The molecule has 0 fully saturated rings. The maximum Gasteiger partial charge on any atom is 0.120 e. The van der Waals surface area contributed by atoms with E-state index in [1.807, 2.05) is 25.1 Å². The van der Waals surface area contributed by atoms with Crippen LogP contribution in [-0.2, 0) is 11.2 Å². The lowest BCUT2D eigenvalue weighted by Gasteiger charge is -2.13. The largest absolute Gasteiger partial charge is 0.494 e. The van der Waals surface area contributed by atoms with Crippen LogP contribution in [0.25, 0.3) is 0 Å². The van der Waals surface area contributed by atoms with Gasteiger partial charge >= 0.3 is 0 Å². The zero-order chi connectivity index (χ0) is 15.5. The average Bonchev–Trinajstić information content (AvgIpc) is 2.88. The summed E-state index contributed by atoms with van der Waals surface area (Å²) in [5.41, 5.74) is 8.04. The van der Waals surface area contributed by atoms with Gasteiger partial charge in [-0.3, -0.25) is 0 Å². The van der Waals surface area contributed by atoms with Gasteiger partial charge in [-0.05, 0) is 25.1 Å². The Morgan fingerprint density at radius 3 is 2.71 bits per heavy atom. The summed E-state index contributed by atoms with van der Waals surface area (Å²) in [6.07, 6.45) is 0. The van der Waals surface area contributed by atoms with Crippen LogP contribution < -0.4 is 10.5 Å². The van der Waals surface area contributed by atoms with Gasteiger partial charge in [-0.15, -0.1) is 23.1 Å². The SMILES string of the molecule is CCOc1ccc(N)c(SCc2csc(C(C)(C)C)n2)c1. The first kappa shape index (κ1) is 16.2. The molecule has 1 aromatic carbocycles. The Morgan fingerprint density at radius 2 is 2.10 bits per heavy atom. The molecule has 0 aliphatic rings. The summed E-state index contributed by atoms with van der Waals surface area (Å²) in [4.78, 5) is 5.76. The molecule has 5 heteroatoms. The fourth-order valence-electron chi connectivity index (χ4n) is 1.77. The van der Waals surface area contributed by atoms with Gasteiger partial charge in [0, 0.05) is 27.1 Å². The minimum absolute atomic E-state index is 0.113. The Morgan fingerprint density at radius 1 is 1.33 bits per heavy atom. The van der Waals surface area contributed by atoms with Crippen molar-refractivity contribution < 1.29 is 4.74 Å². The van der Waals surface area contributed by atoms with Crippen LogP contribution in [-0.4, -0.2) is 11.6 Å². The fourth-order valence-corrected chi connectivity index (χ4v) is 3.66. The second kappa shape index (κ2) is 6.71. The Balaban J connectivity index is 2.06. The lowest BCUT2D eigenvalue weighted by atomic mass is 9.98. The van der Waals surface area contributed by atoms with Gasteiger partial charge in [0.15, 0.2) is 0 Å². The number of nitrogens with zero attached hydrogens (tertiary/aromatic N) is 1. The predicted molar refractivity (Wildman–Crippen MR) is 92.4 cm³/mol. The van der Waals surface area contributed by atoms with E-state index >= 15 is 0 Å². The van der Waals surface area contributed by atoms with Crippen molar-refractivity contribution in [2.45, 2.75) is 43.8 Å². The number of rotatable bonds is 5. The molecule has 0 radical (unpaired) electrons. The Bertz CT molecular complexity index is 603. The number of ether oxygens (including phenoxy) is 1. The first-order chi connectivity index (χ1) is 9.90. The van der Waals surface area contributed by atoms with Gasteiger partial charge in [0.1, 0.15) is 5.75 Å². The van der Waals surface area contributed by atoms with Crippen molar-refractivity contribution in [3.63, 3.8) is 0 Å². The predicted octanol–water partition coefficient (Wildman–Crippen LogP) is 4.71. The van der Waals surface area contributed by atoms with E-state index in [4.69, 9.17) is 15.5 Å². The monoisotopic (exact) mass is 322 g/mol. The first-order valence-corrected chi connectivity index (χ1v) is 8.86. The number of hydrogen-bond donors (Lipinski definition) is 1. The number of nitrogen functional groups attached to an aromatic ring is 1. The maximum atomic E-state index is 6.03. The molecule has 2 rings (SSSR count). The number of hydrogen-bond acceptors (Lipinski definition) is 5. The standard InChI is InChI=1S/C16H22N2OS2/c1-5-19-12-6-7-13(17)14(8-12)20-9-11-10-21-15(18-11)16(2,3)4/h6-8,10H,5,9,17H2,1-4H3. The van der Waals surface area contributed by atoms with E-state index in [-0.39, 0.29) is 5.41 Å². The summed E-state index contributed by atoms with van der Waals surface area (Å²) in [5, 5.41) is 3.31. The third kappa shape index (κ3) is 4.38. The van der Waals surface area contributed by atoms with E-state index in [0.717, 1.165) is 27.8 Å². The normalized spacial score (nSPS) is 11.6. The Labute approximate surface area is 134 Å².